The maximum Gasteiger partial charge on any atom is 0.153 e. The van der Waals surface area contributed by atoms with Crippen molar-refractivity contribution >= 4 is 9.84 Å². The Morgan fingerprint density at radius 1 is 1.29 bits per heavy atom. The van der Waals surface area contributed by atoms with Gasteiger partial charge in [-0.1, -0.05) is 23.8 Å². The number of sulfone groups is 1. The van der Waals surface area contributed by atoms with Crippen LogP contribution in [0.5, 0.6) is 0 Å². The zero-order valence-electron chi connectivity index (χ0n) is 10.2. The second-order valence-electron chi connectivity index (χ2n) is 5.05. The third-order valence-corrected chi connectivity index (χ3v) is 5.22. The first-order chi connectivity index (χ1) is 7.82. The molecular weight excluding hydrogens is 236 g/mol. The average Bonchev–Trinajstić information content (AvgIpc) is 2.14. The highest BCUT2D eigenvalue weighted by Crippen LogP contribution is 2.34. The molecule has 0 amide bonds. The largest absolute Gasteiger partial charge is 0.384 e. The van der Waals surface area contributed by atoms with Gasteiger partial charge in [-0.3, -0.25) is 0 Å². The molecule has 2 rings (SSSR count). The second kappa shape index (κ2) is 4.10. The van der Waals surface area contributed by atoms with Crippen molar-refractivity contribution in [1.29, 1.82) is 0 Å². The van der Waals surface area contributed by atoms with Gasteiger partial charge in [-0.15, -0.1) is 0 Å². The smallest absolute Gasteiger partial charge is 0.153 e. The minimum Gasteiger partial charge on any atom is -0.384 e. The van der Waals surface area contributed by atoms with E-state index >= 15 is 0 Å². The topological polar surface area (TPSA) is 54.4 Å². The summed E-state index contributed by atoms with van der Waals surface area (Å²) >= 11 is 0. The highest BCUT2D eigenvalue weighted by molar-refractivity contribution is 7.91. The van der Waals surface area contributed by atoms with Gasteiger partial charge in [0.2, 0.25) is 0 Å². The van der Waals surface area contributed by atoms with Gasteiger partial charge >= 0.3 is 0 Å². The fourth-order valence-corrected chi connectivity index (χ4v) is 4.40. The Kier molecular flexibility index (Phi) is 3.04. The van der Waals surface area contributed by atoms with E-state index in [9.17, 15) is 13.5 Å². The van der Waals surface area contributed by atoms with E-state index in [-0.39, 0.29) is 11.5 Å². The molecule has 1 N–H and O–H groups in total. The van der Waals surface area contributed by atoms with Gasteiger partial charge in [-0.2, -0.15) is 0 Å². The van der Waals surface area contributed by atoms with Gasteiger partial charge in [0.1, 0.15) is 5.60 Å². The molecule has 1 aliphatic rings. The maximum absolute atomic E-state index is 11.7. The van der Waals surface area contributed by atoms with Crippen molar-refractivity contribution in [3.05, 3.63) is 34.9 Å². The summed E-state index contributed by atoms with van der Waals surface area (Å²) in [5.41, 5.74) is 1.64. The van der Waals surface area contributed by atoms with Crippen molar-refractivity contribution in [1.82, 2.24) is 0 Å². The van der Waals surface area contributed by atoms with E-state index in [4.69, 9.17) is 0 Å². The van der Waals surface area contributed by atoms with Crippen LogP contribution in [-0.2, 0) is 15.4 Å². The fraction of sp³-hybridized carbons (Fsp3) is 0.538. The van der Waals surface area contributed by atoms with Crippen molar-refractivity contribution < 1.29 is 13.5 Å². The summed E-state index contributed by atoms with van der Waals surface area (Å²) < 4.78 is 23.3. The molecule has 1 fully saturated rings. The molecule has 4 heteroatoms. The van der Waals surface area contributed by atoms with Gasteiger partial charge in [-0.05, 0) is 37.8 Å². The normalized spacial score (nSPS) is 27.9. The van der Waals surface area contributed by atoms with Gasteiger partial charge in [0.25, 0.3) is 0 Å². The summed E-state index contributed by atoms with van der Waals surface area (Å²) in [6.45, 7) is 3.90. The third-order valence-electron chi connectivity index (χ3n) is 3.39. The summed E-state index contributed by atoms with van der Waals surface area (Å²) in [6, 6.07) is 5.75. The van der Waals surface area contributed by atoms with E-state index in [1.54, 1.807) is 0 Å². The van der Waals surface area contributed by atoms with Crippen LogP contribution in [0.3, 0.4) is 0 Å². The Balaban J connectivity index is 2.44. The number of aryl methyl sites for hydroxylation is 2. The summed E-state index contributed by atoms with van der Waals surface area (Å²) in [7, 11) is -3.12. The average molecular weight is 254 g/mol. The molecule has 1 saturated heterocycles. The number of hydrogen-bond donors (Lipinski definition) is 1. The van der Waals surface area contributed by atoms with Crippen molar-refractivity contribution in [2.45, 2.75) is 32.3 Å². The van der Waals surface area contributed by atoms with Crippen molar-refractivity contribution in [3.8, 4) is 0 Å². The predicted octanol–water partition coefficient (Wildman–Crippen LogP) is 1.70. The van der Waals surface area contributed by atoms with Crippen molar-refractivity contribution in [2.75, 3.05) is 11.5 Å². The minimum absolute atomic E-state index is 0.149. The van der Waals surface area contributed by atoms with Crippen LogP contribution in [0, 0.1) is 13.8 Å². The summed E-state index contributed by atoms with van der Waals surface area (Å²) in [4.78, 5) is 0. The molecule has 17 heavy (non-hydrogen) atoms. The monoisotopic (exact) mass is 254 g/mol. The first kappa shape index (κ1) is 12.6. The van der Waals surface area contributed by atoms with E-state index in [2.05, 4.69) is 0 Å². The van der Waals surface area contributed by atoms with Gasteiger partial charge in [0.15, 0.2) is 9.84 Å². The molecular formula is C13H18O3S. The van der Waals surface area contributed by atoms with Crippen LogP contribution in [0.1, 0.15) is 29.5 Å². The van der Waals surface area contributed by atoms with Gasteiger partial charge in [0, 0.05) is 0 Å². The Morgan fingerprint density at radius 2 is 2.00 bits per heavy atom. The molecule has 1 atom stereocenters. The summed E-state index contributed by atoms with van der Waals surface area (Å²) in [5, 5.41) is 10.6. The number of hydrogen-bond acceptors (Lipinski definition) is 3. The SMILES string of the molecule is Cc1ccc(C2(O)CCCS(=O)(=O)C2)c(C)c1. The van der Waals surface area contributed by atoms with Crippen LogP contribution in [0.15, 0.2) is 18.2 Å². The van der Waals surface area contributed by atoms with Crippen molar-refractivity contribution in [2.24, 2.45) is 0 Å². The van der Waals surface area contributed by atoms with Crippen molar-refractivity contribution in [3.63, 3.8) is 0 Å². The molecule has 0 aromatic heterocycles. The lowest BCUT2D eigenvalue weighted by molar-refractivity contribution is 0.0461. The maximum atomic E-state index is 11.7. The molecule has 0 bridgehead atoms. The van der Waals surface area contributed by atoms with Gasteiger partial charge in [-0.25, -0.2) is 8.42 Å². The molecule has 3 nitrogen and oxygen atoms in total. The molecule has 0 aliphatic carbocycles. The Hall–Kier alpha value is -0.870. The van der Waals surface area contributed by atoms with E-state index in [1.807, 2.05) is 32.0 Å². The summed E-state index contributed by atoms with van der Waals surface area (Å²) in [6.07, 6.45) is 1.06. The zero-order valence-corrected chi connectivity index (χ0v) is 11.0. The lowest BCUT2D eigenvalue weighted by Crippen LogP contribution is -2.40. The highest BCUT2D eigenvalue weighted by Gasteiger charge is 2.39. The molecule has 1 aliphatic heterocycles. The lowest BCUT2D eigenvalue weighted by Gasteiger charge is -2.33. The Bertz CT molecular complexity index is 534. The Labute approximate surface area is 102 Å². The molecule has 0 spiro atoms. The van der Waals surface area contributed by atoms with Crippen LogP contribution in [0.4, 0.5) is 0 Å². The van der Waals surface area contributed by atoms with E-state index < -0.39 is 15.4 Å². The lowest BCUT2D eigenvalue weighted by atomic mass is 9.87. The number of aliphatic hydroxyl groups is 1. The number of benzene rings is 1. The van der Waals surface area contributed by atoms with Crippen LogP contribution in [0.2, 0.25) is 0 Å². The van der Waals surface area contributed by atoms with Crippen LogP contribution in [0.25, 0.3) is 0 Å². The second-order valence-corrected chi connectivity index (χ2v) is 7.23. The van der Waals surface area contributed by atoms with E-state index in [0.717, 1.165) is 16.7 Å². The molecule has 1 aromatic rings. The third kappa shape index (κ3) is 2.53. The number of rotatable bonds is 1. The highest BCUT2D eigenvalue weighted by atomic mass is 32.2. The molecule has 0 radical (unpaired) electrons. The molecule has 0 saturated carbocycles. The summed E-state index contributed by atoms with van der Waals surface area (Å²) in [5.74, 6) is 0.0458. The van der Waals surface area contributed by atoms with E-state index in [1.165, 1.54) is 0 Å². The zero-order chi connectivity index (χ0) is 12.7. The van der Waals surface area contributed by atoms with Gasteiger partial charge < -0.3 is 5.11 Å². The van der Waals surface area contributed by atoms with Gasteiger partial charge in [0.05, 0.1) is 11.5 Å². The van der Waals surface area contributed by atoms with Crippen LogP contribution >= 0.6 is 0 Å². The standard InChI is InChI=1S/C13H18O3S/c1-10-4-5-12(11(2)8-10)13(14)6-3-7-17(15,16)9-13/h4-5,8,14H,3,6-7,9H2,1-2H3. The molecule has 1 unspecified atom stereocenters. The molecule has 1 heterocycles. The minimum atomic E-state index is -3.12. The van der Waals surface area contributed by atoms with Crippen LogP contribution in [-0.4, -0.2) is 25.0 Å². The predicted molar refractivity (Wildman–Crippen MR) is 67.7 cm³/mol. The van der Waals surface area contributed by atoms with E-state index in [0.29, 0.717) is 12.8 Å². The van der Waals surface area contributed by atoms with Crippen LogP contribution < -0.4 is 0 Å². The Morgan fingerprint density at radius 3 is 2.59 bits per heavy atom. The molecule has 1 aromatic carbocycles. The fourth-order valence-electron chi connectivity index (χ4n) is 2.64. The quantitative estimate of drug-likeness (QED) is 0.830. The first-order valence-electron chi connectivity index (χ1n) is 5.83. The molecule has 94 valence electrons. The first-order valence-corrected chi connectivity index (χ1v) is 7.65.